The molecule has 1 heterocycles. The van der Waals surface area contributed by atoms with E-state index in [-0.39, 0.29) is 11.0 Å². The van der Waals surface area contributed by atoms with Gasteiger partial charge in [0.05, 0.1) is 5.54 Å². The van der Waals surface area contributed by atoms with Crippen molar-refractivity contribution >= 4 is 0 Å². The minimum Gasteiger partial charge on any atom is -0.339 e. The normalized spacial score (nSPS) is 26.5. The largest absolute Gasteiger partial charge is 0.339 e. The van der Waals surface area contributed by atoms with Crippen LogP contribution in [0.5, 0.6) is 0 Å². The Hall–Kier alpha value is -0.900. The smallest absolute Gasteiger partial charge is 0.232 e. The molecule has 17 heavy (non-hydrogen) atoms. The molecule has 4 nitrogen and oxygen atoms in total. The minimum absolute atomic E-state index is 0.0974. The number of rotatable bonds is 2. The van der Waals surface area contributed by atoms with Gasteiger partial charge >= 0.3 is 0 Å². The van der Waals surface area contributed by atoms with E-state index in [0.29, 0.717) is 0 Å². The summed E-state index contributed by atoms with van der Waals surface area (Å²) in [5.41, 5.74) is 6.13. The van der Waals surface area contributed by atoms with E-state index in [1.54, 1.807) is 0 Å². The lowest BCUT2D eigenvalue weighted by Gasteiger charge is -2.19. The van der Waals surface area contributed by atoms with Crippen LogP contribution >= 0.6 is 0 Å². The van der Waals surface area contributed by atoms with Crippen LogP contribution in [0.15, 0.2) is 4.52 Å². The van der Waals surface area contributed by atoms with E-state index in [9.17, 15) is 0 Å². The summed E-state index contributed by atoms with van der Waals surface area (Å²) in [4.78, 5) is 4.62. The molecular weight excluding hydrogens is 214 g/mol. The molecule has 2 fully saturated rings. The van der Waals surface area contributed by atoms with Gasteiger partial charge in [-0.3, -0.25) is 0 Å². The van der Waals surface area contributed by atoms with Crippen molar-refractivity contribution in [1.29, 1.82) is 0 Å². The SMILES string of the molecule is CC1(c2nc(C3(N)CCCC3)no2)CCCC1. The molecule has 0 amide bonds. The van der Waals surface area contributed by atoms with Gasteiger partial charge in [-0.25, -0.2) is 0 Å². The Kier molecular flexibility index (Phi) is 2.51. The predicted octanol–water partition coefficient (Wildman–Crippen LogP) is 2.63. The molecule has 1 aromatic rings. The van der Waals surface area contributed by atoms with Crippen molar-refractivity contribution < 1.29 is 4.52 Å². The van der Waals surface area contributed by atoms with E-state index < -0.39 is 0 Å². The summed E-state index contributed by atoms with van der Waals surface area (Å²) < 4.78 is 5.49. The van der Waals surface area contributed by atoms with E-state index in [1.165, 1.54) is 25.7 Å². The van der Waals surface area contributed by atoms with Crippen LogP contribution in [0, 0.1) is 0 Å². The lowest BCUT2D eigenvalue weighted by molar-refractivity contribution is 0.289. The Morgan fingerprint density at radius 2 is 1.65 bits per heavy atom. The number of aromatic nitrogens is 2. The van der Waals surface area contributed by atoms with Gasteiger partial charge in [0.2, 0.25) is 5.89 Å². The van der Waals surface area contributed by atoms with E-state index in [4.69, 9.17) is 10.3 Å². The number of nitrogens with zero attached hydrogens (tertiary/aromatic N) is 2. The van der Waals surface area contributed by atoms with Crippen LogP contribution in [-0.2, 0) is 11.0 Å². The van der Waals surface area contributed by atoms with Gasteiger partial charge in [0, 0.05) is 5.41 Å². The molecule has 0 unspecified atom stereocenters. The summed E-state index contributed by atoms with van der Waals surface area (Å²) in [7, 11) is 0. The molecule has 2 N–H and O–H groups in total. The average Bonchev–Trinajstić information content (AvgIpc) is 2.97. The maximum Gasteiger partial charge on any atom is 0.232 e. The Morgan fingerprint density at radius 3 is 2.29 bits per heavy atom. The van der Waals surface area contributed by atoms with E-state index in [1.807, 2.05) is 0 Å². The summed E-state index contributed by atoms with van der Waals surface area (Å²) in [6.45, 7) is 2.23. The molecule has 0 aliphatic heterocycles. The van der Waals surface area contributed by atoms with Crippen molar-refractivity contribution in [2.75, 3.05) is 0 Å². The number of nitrogens with two attached hydrogens (primary N) is 1. The first-order valence-electron chi connectivity index (χ1n) is 6.76. The zero-order chi connectivity index (χ0) is 11.9. The van der Waals surface area contributed by atoms with Crippen molar-refractivity contribution in [2.24, 2.45) is 5.73 Å². The van der Waals surface area contributed by atoms with Crippen LogP contribution in [-0.4, -0.2) is 10.1 Å². The van der Waals surface area contributed by atoms with Crippen LogP contribution in [0.2, 0.25) is 0 Å². The van der Waals surface area contributed by atoms with Crippen LogP contribution in [0.3, 0.4) is 0 Å². The molecular formula is C13H21N3O. The van der Waals surface area contributed by atoms with E-state index >= 15 is 0 Å². The Morgan fingerprint density at radius 1 is 1.06 bits per heavy atom. The van der Waals surface area contributed by atoms with Crippen LogP contribution in [0.4, 0.5) is 0 Å². The highest BCUT2D eigenvalue weighted by molar-refractivity contribution is 5.11. The molecule has 0 atom stereocenters. The third kappa shape index (κ3) is 1.79. The third-order valence-corrected chi connectivity index (χ3v) is 4.59. The quantitative estimate of drug-likeness (QED) is 0.855. The summed E-state index contributed by atoms with van der Waals surface area (Å²) >= 11 is 0. The summed E-state index contributed by atoms with van der Waals surface area (Å²) in [6, 6.07) is 0. The monoisotopic (exact) mass is 235 g/mol. The predicted molar refractivity (Wildman–Crippen MR) is 64.5 cm³/mol. The summed E-state index contributed by atoms with van der Waals surface area (Å²) in [5, 5.41) is 4.15. The van der Waals surface area contributed by atoms with Gasteiger partial charge in [0.1, 0.15) is 0 Å². The van der Waals surface area contributed by atoms with Crippen molar-refractivity contribution in [3.8, 4) is 0 Å². The van der Waals surface area contributed by atoms with Gasteiger partial charge in [-0.15, -0.1) is 0 Å². The van der Waals surface area contributed by atoms with Gasteiger partial charge < -0.3 is 10.3 Å². The molecule has 3 rings (SSSR count). The second-order valence-corrected chi connectivity index (χ2v) is 6.05. The maximum absolute atomic E-state index is 6.35. The van der Waals surface area contributed by atoms with Gasteiger partial charge in [0.15, 0.2) is 5.82 Å². The number of hydrogen-bond donors (Lipinski definition) is 1. The highest BCUT2D eigenvalue weighted by Gasteiger charge is 2.40. The summed E-state index contributed by atoms with van der Waals surface area (Å²) in [5.74, 6) is 1.54. The van der Waals surface area contributed by atoms with Gasteiger partial charge in [-0.2, -0.15) is 4.98 Å². The minimum atomic E-state index is -0.323. The van der Waals surface area contributed by atoms with Crippen molar-refractivity contribution in [2.45, 2.75) is 69.2 Å². The standard InChI is InChI=1S/C13H21N3O/c1-12(6-2-3-7-12)11-15-10(16-17-11)13(14)8-4-5-9-13/h2-9,14H2,1H3. The first-order chi connectivity index (χ1) is 8.12. The van der Waals surface area contributed by atoms with Crippen LogP contribution < -0.4 is 5.73 Å². The van der Waals surface area contributed by atoms with E-state index in [0.717, 1.165) is 37.4 Å². The van der Waals surface area contributed by atoms with E-state index in [2.05, 4.69) is 17.1 Å². The Bertz CT molecular complexity index is 364. The highest BCUT2D eigenvalue weighted by atomic mass is 16.5. The molecule has 2 aliphatic rings. The van der Waals surface area contributed by atoms with Crippen LogP contribution in [0.1, 0.15) is 70.0 Å². The molecule has 94 valence electrons. The second-order valence-electron chi connectivity index (χ2n) is 6.05. The lowest BCUT2D eigenvalue weighted by Crippen LogP contribution is -2.34. The molecule has 2 aliphatic carbocycles. The van der Waals surface area contributed by atoms with Gasteiger partial charge in [-0.1, -0.05) is 37.8 Å². The molecule has 0 spiro atoms. The molecule has 0 aromatic carbocycles. The topological polar surface area (TPSA) is 64.9 Å². The molecule has 2 saturated carbocycles. The molecule has 0 saturated heterocycles. The highest BCUT2D eigenvalue weighted by Crippen LogP contribution is 2.41. The zero-order valence-corrected chi connectivity index (χ0v) is 10.5. The lowest BCUT2D eigenvalue weighted by atomic mass is 9.89. The summed E-state index contributed by atoms with van der Waals surface area (Å²) in [6.07, 6.45) is 9.18. The maximum atomic E-state index is 6.35. The first-order valence-corrected chi connectivity index (χ1v) is 6.76. The second kappa shape index (κ2) is 3.80. The molecule has 1 aromatic heterocycles. The van der Waals surface area contributed by atoms with Crippen molar-refractivity contribution in [3.05, 3.63) is 11.7 Å². The Balaban J connectivity index is 1.87. The van der Waals surface area contributed by atoms with Crippen molar-refractivity contribution in [1.82, 2.24) is 10.1 Å². The van der Waals surface area contributed by atoms with Gasteiger partial charge in [-0.05, 0) is 25.7 Å². The fourth-order valence-corrected chi connectivity index (χ4v) is 3.27. The third-order valence-electron chi connectivity index (χ3n) is 4.59. The van der Waals surface area contributed by atoms with Gasteiger partial charge in [0.25, 0.3) is 0 Å². The molecule has 0 bridgehead atoms. The van der Waals surface area contributed by atoms with Crippen LogP contribution in [0.25, 0.3) is 0 Å². The average molecular weight is 235 g/mol. The van der Waals surface area contributed by atoms with Crippen molar-refractivity contribution in [3.63, 3.8) is 0 Å². The Labute approximate surface area is 102 Å². The number of hydrogen-bond acceptors (Lipinski definition) is 4. The molecule has 0 radical (unpaired) electrons. The zero-order valence-electron chi connectivity index (χ0n) is 10.5. The fraction of sp³-hybridized carbons (Fsp3) is 0.846. The molecule has 4 heteroatoms. The fourth-order valence-electron chi connectivity index (χ4n) is 3.27. The first kappa shape index (κ1) is 11.2.